The number of nitrogens with zero attached hydrogens (tertiary/aromatic N) is 2. The lowest BCUT2D eigenvalue weighted by molar-refractivity contribution is 1.30. The third-order valence-corrected chi connectivity index (χ3v) is 3.35. The van der Waals surface area contributed by atoms with Gasteiger partial charge in [0.1, 0.15) is 0 Å². The predicted octanol–water partition coefficient (Wildman–Crippen LogP) is 3.56. The van der Waals surface area contributed by atoms with Gasteiger partial charge in [-0.2, -0.15) is 0 Å². The molecule has 0 radical (unpaired) electrons. The normalized spacial score (nSPS) is 11.1. The van der Waals surface area contributed by atoms with E-state index in [2.05, 4.69) is 22.0 Å². The van der Waals surface area contributed by atoms with Crippen LogP contribution in [0.1, 0.15) is 0 Å². The molecule has 2 nitrogen and oxygen atoms in total. The van der Waals surface area contributed by atoms with Gasteiger partial charge in [0.05, 0.1) is 10.2 Å². The molecule has 4 heteroatoms. The van der Waals surface area contributed by atoms with E-state index < -0.39 is 0 Å². The summed E-state index contributed by atoms with van der Waals surface area (Å²) in [5, 5.41) is 0. The van der Waals surface area contributed by atoms with Crippen LogP contribution in [0.2, 0.25) is 0 Å². The topological polar surface area (TPSA) is 25.2 Å². The predicted molar refractivity (Wildman–Crippen MR) is 64.2 cm³/mol. The van der Waals surface area contributed by atoms with E-state index in [0.29, 0.717) is 0 Å². The minimum absolute atomic E-state index is 0.962. The Morgan fingerprint density at radius 1 is 1.43 bits per heavy atom. The smallest absolute Gasteiger partial charge is 0.173 e. The van der Waals surface area contributed by atoms with E-state index in [9.17, 15) is 0 Å². The molecule has 0 aliphatic carbocycles. The van der Waals surface area contributed by atoms with Crippen LogP contribution in [0.15, 0.2) is 45.7 Å². The SMILES string of the molecule is C=CC=NSc1nc2ccccc2s1. The van der Waals surface area contributed by atoms with Gasteiger partial charge >= 0.3 is 0 Å². The second kappa shape index (κ2) is 4.39. The van der Waals surface area contributed by atoms with Crippen molar-refractivity contribution in [1.82, 2.24) is 4.98 Å². The number of allylic oxidation sites excluding steroid dienone is 1. The van der Waals surface area contributed by atoms with Crippen LogP contribution < -0.4 is 0 Å². The number of rotatable bonds is 3. The average Bonchev–Trinajstić information content (AvgIpc) is 2.60. The van der Waals surface area contributed by atoms with Gasteiger partial charge in [-0.3, -0.25) is 0 Å². The van der Waals surface area contributed by atoms with Gasteiger partial charge in [0, 0.05) is 18.2 Å². The minimum Gasteiger partial charge on any atom is -0.228 e. The fraction of sp³-hybridized carbons (Fsp3) is 0. The molecule has 0 unspecified atom stereocenters. The summed E-state index contributed by atoms with van der Waals surface area (Å²) in [5.74, 6) is 0. The second-order valence-electron chi connectivity index (χ2n) is 2.53. The van der Waals surface area contributed by atoms with Crippen LogP contribution in [-0.2, 0) is 0 Å². The molecule has 0 aliphatic heterocycles. The molecule has 0 bridgehead atoms. The Labute approximate surface area is 90.5 Å². The van der Waals surface area contributed by atoms with Crippen molar-refractivity contribution in [2.24, 2.45) is 4.40 Å². The number of para-hydroxylation sites is 1. The van der Waals surface area contributed by atoms with Gasteiger partial charge in [-0.15, -0.1) is 11.3 Å². The molecule has 1 heterocycles. The van der Waals surface area contributed by atoms with Crippen molar-refractivity contribution in [1.29, 1.82) is 0 Å². The van der Waals surface area contributed by atoms with Crippen LogP contribution in [0.4, 0.5) is 0 Å². The summed E-state index contributed by atoms with van der Waals surface area (Å²) in [6.45, 7) is 3.55. The highest BCUT2D eigenvalue weighted by atomic mass is 32.2. The molecule has 14 heavy (non-hydrogen) atoms. The van der Waals surface area contributed by atoms with Crippen molar-refractivity contribution >= 4 is 39.7 Å². The maximum atomic E-state index is 4.42. The lowest BCUT2D eigenvalue weighted by Gasteiger charge is -1.82. The molecular formula is C10H8N2S2. The van der Waals surface area contributed by atoms with Crippen LogP contribution >= 0.6 is 23.3 Å². The highest BCUT2D eigenvalue weighted by molar-refractivity contribution is 8.00. The van der Waals surface area contributed by atoms with Gasteiger partial charge in [-0.05, 0) is 12.1 Å². The molecular weight excluding hydrogens is 212 g/mol. The van der Waals surface area contributed by atoms with Crippen molar-refractivity contribution < 1.29 is 0 Å². The molecule has 1 aromatic heterocycles. The van der Waals surface area contributed by atoms with Crippen LogP contribution in [0.5, 0.6) is 0 Å². The standard InChI is InChI=1S/C10H8N2S2/c1-2-7-11-14-10-12-8-5-3-4-6-9(8)13-10/h2-7H,1H2. The van der Waals surface area contributed by atoms with E-state index in [1.54, 1.807) is 23.6 Å². The Kier molecular flexibility index (Phi) is 2.96. The number of aromatic nitrogens is 1. The molecule has 1 aromatic carbocycles. The van der Waals surface area contributed by atoms with Crippen LogP contribution in [-0.4, -0.2) is 11.2 Å². The molecule has 0 aliphatic rings. The number of hydrogen-bond acceptors (Lipinski definition) is 4. The summed E-state index contributed by atoms with van der Waals surface area (Å²) in [7, 11) is 0. The molecule has 0 saturated heterocycles. The quantitative estimate of drug-likeness (QED) is 0.583. The average molecular weight is 220 g/mol. The van der Waals surface area contributed by atoms with E-state index in [1.165, 1.54) is 16.6 Å². The maximum Gasteiger partial charge on any atom is 0.173 e. The Balaban J connectivity index is 2.26. The molecule has 0 amide bonds. The van der Waals surface area contributed by atoms with Gasteiger partial charge in [0.2, 0.25) is 0 Å². The van der Waals surface area contributed by atoms with E-state index >= 15 is 0 Å². The Morgan fingerprint density at radius 3 is 3.07 bits per heavy atom. The fourth-order valence-corrected chi connectivity index (χ4v) is 2.63. The molecule has 0 spiro atoms. The summed E-state index contributed by atoms with van der Waals surface area (Å²) in [6, 6.07) is 8.08. The van der Waals surface area contributed by atoms with Gasteiger partial charge < -0.3 is 0 Å². The molecule has 0 N–H and O–H groups in total. The molecule has 70 valence electrons. The molecule has 0 fully saturated rings. The first-order chi connectivity index (χ1) is 6.90. The van der Waals surface area contributed by atoms with Gasteiger partial charge in [0.25, 0.3) is 0 Å². The zero-order valence-corrected chi connectivity index (χ0v) is 9.02. The lowest BCUT2D eigenvalue weighted by Crippen LogP contribution is -1.66. The summed E-state index contributed by atoms with van der Waals surface area (Å²) in [4.78, 5) is 4.42. The fourth-order valence-electron chi connectivity index (χ4n) is 1.01. The number of hydrogen-bond donors (Lipinski definition) is 0. The summed E-state index contributed by atoms with van der Waals surface area (Å²) >= 11 is 3.03. The molecule has 2 aromatic rings. The van der Waals surface area contributed by atoms with Gasteiger partial charge in [-0.25, -0.2) is 9.38 Å². The first-order valence-electron chi connectivity index (χ1n) is 4.07. The first-order valence-corrected chi connectivity index (χ1v) is 5.66. The van der Waals surface area contributed by atoms with Crippen molar-refractivity contribution in [2.45, 2.75) is 4.34 Å². The van der Waals surface area contributed by atoms with Crippen molar-refractivity contribution in [2.75, 3.05) is 0 Å². The third kappa shape index (κ3) is 2.02. The van der Waals surface area contributed by atoms with Crippen molar-refractivity contribution in [3.63, 3.8) is 0 Å². The Morgan fingerprint density at radius 2 is 2.29 bits per heavy atom. The molecule has 2 rings (SSSR count). The largest absolute Gasteiger partial charge is 0.228 e. The first kappa shape index (κ1) is 9.43. The van der Waals surface area contributed by atoms with Crippen LogP contribution in [0.3, 0.4) is 0 Å². The zero-order valence-electron chi connectivity index (χ0n) is 7.38. The highest BCUT2D eigenvalue weighted by Crippen LogP contribution is 2.29. The van der Waals surface area contributed by atoms with Crippen LogP contribution in [0, 0.1) is 0 Å². The molecule has 0 saturated carbocycles. The third-order valence-electron chi connectivity index (χ3n) is 1.57. The number of thiazole rings is 1. The lowest BCUT2D eigenvalue weighted by atomic mass is 10.3. The summed E-state index contributed by atoms with van der Waals surface area (Å²) in [5.41, 5.74) is 1.04. The Bertz CT molecular complexity index is 441. The van der Waals surface area contributed by atoms with E-state index in [0.717, 1.165) is 9.86 Å². The monoisotopic (exact) mass is 220 g/mol. The molecule has 0 atom stereocenters. The van der Waals surface area contributed by atoms with Gasteiger partial charge in [-0.1, -0.05) is 24.8 Å². The number of benzene rings is 1. The Hall–Kier alpha value is -1.13. The number of fused-ring (bicyclic) bond motifs is 1. The summed E-state index contributed by atoms with van der Waals surface area (Å²) < 4.78 is 6.24. The maximum absolute atomic E-state index is 4.42. The van der Waals surface area contributed by atoms with E-state index in [4.69, 9.17) is 0 Å². The zero-order chi connectivity index (χ0) is 9.80. The van der Waals surface area contributed by atoms with E-state index in [-0.39, 0.29) is 0 Å². The summed E-state index contributed by atoms with van der Waals surface area (Å²) in [6.07, 6.45) is 3.32. The van der Waals surface area contributed by atoms with Crippen molar-refractivity contribution in [3.8, 4) is 0 Å². The van der Waals surface area contributed by atoms with Crippen molar-refractivity contribution in [3.05, 3.63) is 36.9 Å². The second-order valence-corrected chi connectivity index (χ2v) is 4.60. The highest BCUT2D eigenvalue weighted by Gasteiger charge is 2.01. The van der Waals surface area contributed by atoms with Gasteiger partial charge in [0.15, 0.2) is 4.34 Å². The minimum atomic E-state index is 0.962. The van der Waals surface area contributed by atoms with Crippen LogP contribution in [0.25, 0.3) is 10.2 Å². The van der Waals surface area contributed by atoms with E-state index in [1.807, 2.05) is 18.2 Å².